The van der Waals surface area contributed by atoms with E-state index in [9.17, 15) is 4.79 Å². The first-order valence-electron chi connectivity index (χ1n) is 6.59. The molecule has 0 aromatic carbocycles. The van der Waals surface area contributed by atoms with Crippen molar-refractivity contribution in [3.8, 4) is 0 Å². The highest BCUT2D eigenvalue weighted by Gasteiger charge is 2.41. The molecule has 0 aromatic rings. The maximum absolute atomic E-state index is 12.0. The summed E-state index contributed by atoms with van der Waals surface area (Å²) >= 11 is 5.89. The van der Waals surface area contributed by atoms with E-state index < -0.39 is 0 Å². The van der Waals surface area contributed by atoms with E-state index in [2.05, 4.69) is 12.2 Å². The van der Waals surface area contributed by atoms with Crippen LogP contribution in [-0.2, 0) is 9.53 Å². The number of hydrogen-bond donors (Lipinski definition) is 0. The lowest BCUT2D eigenvalue weighted by molar-refractivity contribution is -0.154. The number of allylic oxidation sites excluding steroid dienone is 2. The third-order valence-corrected chi connectivity index (χ3v) is 4.09. The Balaban J connectivity index is 1.75. The van der Waals surface area contributed by atoms with E-state index in [0.29, 0.717) is 11.8 Å². The van der Waals surface area contributed by atoms with Gasteiger partial charge in [0.1, 0.15) is 0 Å². The second kappa shape index (κ2) is 5.43. The van der Waals surface area contributed by atoms with Crippen LogP contribution in [0.25, 0.3) is 0 Å². The van der Waals surface area contributed by atoms with E-state index in [1.807, 2.05) is 13.8 Å². The first-order chi connectivity index (χ1) is 8.06. The fourth-order valence-corrected chi connectivity index (χ4v) is 2.99. The van der Waals surface area contributed by atoms with Gasteiger partial charge in [0, 0.05) is 5.38 Å². The Morgan fingerprint density at radius 2 is 2.12 bits per heavy atom. The van der Waals surface area contributed by atoms with Gasteiger partial charge in [0.25, 0.3) is 0 Å². The first-order valence-corrected chi connectivity index (χ1v) is 7.02. The van der Waals surface area contributed by atoms with E-state index in [4.69, 9.17) is 16.3 Å². The zero-order valence-electron chi connectivity index (χ0n) is 10.6. The average Bonchev–Trinajstić information content (AvgIpc) is 2.87. The van der Waals surface area contributed by atoms with Gasteiger partial charge < -0.3 is 4.74 Å². The molecular formula is C14H21ClO2. The van der Waals surface area contributed by atoms with Crippen LogP contribution in [0.2, 0.25) is 0 Å². The van der Waals surface area contributed by atoms with Crippen LogP contribution in [-0.4, -0.2) is 17.5 Å². The summed E-state index contributed by atoms with van der Waals surface area (Å²) in [6.07, 6.45) is 8.30. The minimum atomic E-state index is -0.00759. The number of ether oxygens (including phenoxy) is 1. The molecule has 3 heteroatoms. The number of rotatable bonds is 5. The molecule has 0 aliphatic heterocycles. The molecule has 0 heterocycles. The number of carbonyl (C=O) groups is 1. The minimum Gasteiger partial charge on any atom is -0.462 e. The molecule has 1 fully saturated rings. The summed E-state index contributed by atoms with van der Waals surface area (Å²) in [6.45, 7) is 3.93. The first kappa shape index (κ1) is 12.9. The lowest BCUT2D eigenvalue weighted by Crippen LogP contribution is -2.25. The van der Waals surface area contributed by atoms with Crippen molar-refractivity contribution in [2.45, 2.75) is 51.0 Å². The molecule has 0 aromatic heterocycles. The van der Waals surface area contributed by atoms with Gasteiger partial charge in [-0.1, -0.05) is 12.2 Å². The minimum absolute atomic E-state index is 0.00317. The van der Waals surface area contributed by atoms with Gasteiger partial charge >= 0.3 is 5.97 Å². The van der Waals surface area contributed by atoms with Crippen LogP contribution < -0.4 is 0 Å². The van der Waals surface area contributed by atoms with Crippen molar-refractivity contribution in [3.63, 3.8) is 0 Å². The quantitative estimate of drug-likeness (QED) is 0.427. The Labute approximate surface area is 108 Å². The van der Waals surface area contributed by atoms with Crippen molar-refractivity contribution >= 4 is 17.6 Å². The van der Waals surface area contributed by atoms with Gasteiger partial charge in [-0.2, -0.15) is 0 Å². The molecule has 0 unspecified atom stereocenters. The van der Waals surface area contributed by atoms with Gasteiger partial charge in [-0.05, 0) is 51.4 Å². The van der Waals surface area contributed by atoms with Crippen LogP contribution in [0.1, 0.15) is 39.5 Å². The van der Waals surface area contributed by atoms with Gasteiger partial charge in [0.2, 0.25) is 0 Å². The summed E-state index contributed by atoms with van der Waals surface area (Å²) in [4.78, 5) is 12.0. The van der Waals surface area contributed by atoms with E-state index in [-0.39, 0.29) is 23.4 Å². The highest BCUT2D eigenvalue weighted by molar-refractivity contribution is 6.20. The largest absolute Gasteiger partial charge is 0.462 e. The van der Waals surface area contributed by atoms with Crippen LogP contribution in [0.3, 0.4) is 0 Å². The predicted octanol–water partition coefficient (Wildman–Crippen LogP) is 3.54. The summed E-state index contributed by atoms with van der Waals surface area (Å²) < 4.78 is 5.51. The highest BCUT2D eigenvalue weighted by atomic mass is 35.5. The number of alkyl halides is 1. The summed E-state index contributed by atoms with van der Waals surface area (Å²) in [5.74, 6) is 1.17. The van der Waals surface area contributed by atoms with Crippen LogP contribution in [0.15, 0.2) is 12.2 Å². The molecule has 2 nitrogen and oxygen atoms in total. The number of carbonyl (C=O) groups excluding carboxylic acids is 1. The van der Waals surface area contributed by atoms with E-state index in [1.54, 1.807) is 0 Å². The summed E-state index contributed by atoms with van der Waals surface area (Å²) in [5, 5.41) is 0.154. The third-order valence-electron chi connectivity index (χ3n) is 3.87. The average molecular weight is 257 g/mol. The Morgan fingerprint density at radius 1 is 1.35 bits per heavy atom. The molecule has 0 N–H and O–H groups in total. The number of halogens is 1. The third kappa shape index (κ3) is 3.25. The van der Waals surface area contributed by atoms with Crippen LogP contribution >= 0.6 is 11.6 Å². The van der Waals surface area contributed by atoms with E-state index >= 15 is 0 Å². The molecule has 2 aliphatic carbocycles. The Hall–Kier alpha value is -0.500. The van der Waals surface area contributed by atoms with Gasteiger partial charge in [0.15, 0.2) is 0 Å². The summed E-state index contributed by atoms with van der Waals surface area (Å²) in [5.41, 5.74) is 0. The molecule has 0 amide bonds. The van der Waals surface area contributed by atoms with Crippen molar-refractivity contribution in [3.05, 3.63) is 12.2 Å². The highest BCUT2D eigenvalue weighted by Crippen LogP contribution is 2.44. The molecule has 5 atom stereocenters. The van der Waals surface area contributed by atoms with Crippen molar-refractivity contribution in [2.24, 2.45) is 17.8 Å². The van der Waals surface area contributed by atoms with Crippen LogP contribution in [0.5, 0.6) is 0 Å². The molecular weight excluding hydrogens is 236 g/mol. The molecule has 1 saturated carbocycles. The molecule has 2 aliphatic rings. The van der Waals surface area contributed by atoms with Crippen molar-refractivity contribution < 1.29 is 9.53 Å². The lowest BCUT2D eigenvalue weighted by atomic mass is 9.94. The predicted molar refractivity (Wildman–Crippen MR) is 68.9 cm³/mol. The Morgan fingerprint density at radius 3 is 2.65 bits per heavy atom. The molecule has 0 saturated heterocycles. The van der Waals surface area contributed by atoms with Gasteiger partial charge in [-0.3, -0.25) is 4.79 Å². The fourth-order valence-electron chi connectivity index (χ4n) is 2.86. The van der Waals surface area contributed by atoms with Crippen LogP contribution in [0, 0.1) is 17.8 Å². The van der Waals surface area contributed by atoms with Gasteiger partial charge in [-0.15, -0.1) is 11.6 Å². The lowest BCUT2D eigenvalue weighted by Gasteiger charge is -2.20. The zero-order chi connectivity index (χ0) is 12.4. The number of hydrogen-bond acceptors (Lipinski definition) is 2. The standard InChI is InChI=1S/C14H21ClO2/c1-9(15)3-4-10(2)17-14(16)13-8-11-5-6-12(13)7-11/h5-6,9-13H,3-4,7-8H2,1-2H3/t9-,10+,11-,12+,13-/m1/s1. The molecule has 2 bridgehead atoms. The Kier molecular flexibility index (Phi) is 4.13. The number of esters is 1. The topological polar surface area (TPSA) is 26.3 Å². The van der Waals surface area contributed by atoms with Crippen molar-refractivity contribution in [1.82, 2.24) is 0 Å². The molecule has 0 spiro atoms. The van der Waals surface area contributed by atoms with Gasteiger partial charge in [-0.25, -0.2) is 0 Å². The van der Waals surface area contributed by atoms with Crippen LogP contribution in [0.4, 0.5) is 0 Å². The maximum atomic E-state index is 12.0. The summed E-state index contributed by atoms with van der Waals surface area (Å²) in [7, 11) is 0. The monoisotopic (exact) mass is 256 g/mol. The zero-order valence-corrected chi connectivity index (χ0v) is 11.3. The van der Waals surface area contributed by atoms with E-state index in [0.717, 1.165) is 25.7 Å². The molecule has 2 rings (SSSR count). The summed E-state index contributed by atoms with van der Waals surface area (Å²) in [6, 6.07) is 0. The smallest absolute Gasteiger partial charge is 0.309 e. The fraction of sp³-hybridized carbons (Fsp3) is 0.786. The van der Waals surface area contributed by atoms with E-state index in [1.165, 1.54) is 0 Å². The molecule has 96 valence electrons. The SMILES string of the molecule is C[C@@H](Cl)CC[C@H](C)OC(=O)[C@@H]1C[C@@H]2C=C[C@H]1C2. The number of fused-ring (bicyclic) bond motifs is 2. The van der Waals surface area contributed by atoms with Crippen molar-refractivity contribution in [1.29, 1.82) is 0 Å². The molecule has 0 radical (unpaired) electrons. The second-order valence-corrected chi connectivity index (χ2v) is 6.24. The van der Waals surface area contributed by atoms with Gasteiger partial charge in [0.05, 0.1) is 12.0 Å². The maximum Gasteiger partial charge on any atom is 0.309 e. The second-order valence-electron chi connectivity index (χ2n) is 5.49. The molecule has 17 heavy (non-hydrogen) atoms. The van der Waals surface area contributed by atoms with Crippen molar-refractivity contribution in [2.75, 3.05) is 0 Å². The Bertz CT molecular complexity index is 311. The normalized spacial score (nSPS) is 33.7.